The maximum atomic E-state index is 13.0. The van der Waals surface area contributed by atoms with Gasteiger partial charge in [-0.25, -0.2) is 9.37 Å². The van der Waals surface area contributed by atoms with Crippen molar-refractivity contribution < 1.29 is 9.13 Å². The molecule has 2 nitrogen and oxygen atoms in total. The molecule has 0 amide bonds. The molecule has 0 N–H and O–H groups in total. The van der Waals surface area contributed by atoms with Crippen LogP contribution in [0.5, 0.6) is 11.6 Å². The van der Waals surface area contributed by atoms with Gasteiger partial charge in [0.25, 0.3) is 0 Å². The van der Waals surface area contributed by atoms with Crippen LogP contribution in [0.4, 0.5) is 4.39 Å². The third kappa shape index (κ3) is 2.80. The number of ether oxygens (including phenoxy) is 1. The molecule has 0 saturated heterocycles. The third-order valence-electron chi connectivity index (χ3n) is 1.80. The number of benzene rings is 1. The van der Waals surface area contributed by atoms with Crippen LogP contribution in [0.25, 0.3) is 0 Å². The lowest BCUT2D eigenvalue weighted by atomic mass is 10.3. The largest absolute Gasteiger partial charge is 0.438 e. The fourth-order valence-electron chi connectivity index (χ4n) is 1.11. The number of halogens is 3. The molecular formula is C11H6Br2FNO. The van der Waals surface area contributed by atoms with Crippen LogP contribution in [0, 0.1) is 5.82 Å². The number of hydrogen-bond donors (Lipinski definition) is 0. The molecule has 2 rings (SSSR count). The van der Waals surface area contributed by atoms with E-state index in [0.717, 1.165) is 0 Å². The van der Waals surface area contributed by atoms with Crippen LogP contribution in [0.15, 0.2) is 45.5 Å². The average Bonchev–Trinajstić information content (AvgIpc) is 2.24. The first-order chi connectivity index (χ1) is 7.65. The van der Waals surface area contributed by atoms with Gasteiger partial charge in [0.15, 0.2) is 0 Å². The minimum atomic E-state index is -0.354. The quantitative estimate of drug-likeness (QED) is 0.745. The molecule has 2 aromatic rings. The van der Waals surface area contributed by atoms with Gasteiger partial charge in [0.05, 0.1) is 4.47 Å². The van der Waals surface area contributed by atoms with E-state index in [4.69, 9.17) is 4.74 Å². The summed E-state index contributed by atoms with van der Waals surface area (Å²) in [6.45, 7) is 0. The molecule has 0 aliphatic rings. The summed E-state index contributed by atoms with van der Waals surface area (Å²) in [5.41, 5.74) is 0. The van der Waals surface area contributed by atoms with Gasteiger partial charge in [-0.2, -0.15) is 0 Å². The van der Waals surface area contributed by atoms with Gasteiger partial charge in [-0.05, 0) is 50.1 Å². The summed E-state index contributed by atoms with van der Waals surface area (Å²) in [5, 5.41) is 0. The maximum absolute atomic E-state index is 13.0. The van der Waals surface area contributed by atoms with Crippen LogP contribution in [0.1, 0.15) is 0 Å². The molecule has 1 aromatic carbocycles. The molecule has 5 heteroatoms. The third-order valence-corrected chi connectivity index (χ3v) is 2.89. The van der Waals surface area contributed by atoms with Crippen LogP contribution in [0.2, 0.25) is 0 Å². The maximum Gasteiger partial charge on any atom is 0.220 e. The zero-order valence-electron chi connectivity index (χ0n) is 7.95. The molecule has 0 unspecified atom stereocenters. The second kappa shape index (κ2) is 4.93. The van der Waals surface area contributed by atoms with Crippen LogP contribution >= 0.6 is 31.9 Å². The van der Waals surface area contributed by atoms with Crippen molar-refractivity contribution in [3.8, 4) is 11.6 Å². The summed E-state index contributed by atoms with van der Waals surface area (Å²) in [6.07, 6.45) is 0. The highest BCUT2D eigenvalue weighted by Gasteiger charge is 2.05. The molecule has 0 fully saturated rings. The van der Waals surface area contributed by atoms with Crippen molar-refractivity contribution in [1.82, 2.24) is 4.98 Å². The van der Waals surface area contributed by atoms with Gasteiger partial charge in [-0.3, -0.25) is 0 Å². The van der Waals surface area contributed by atoms with E-state index in [9.17, 15) is 4.39 Å². The van der Waals surface area contributed by atoms with Crippen molar-refractivity contribution >= 4 is 31.9 Å². The minimum absolute atomic E-state index is 0.354. The first-order valence-electron chi connectivity index (χ1n) is 4.40. The molecule has 0 spiro atoms. The van der Waals surface area contributed by atoms with E-state index in [0.29, 0.717) is 20.7 Å². The van der Waals surface area contributed by atoms with Gasteiger partial charge in [-0.15, -0.1) is 0 Å². The standard InChI is InChI=1S/C11H6Br2FNO/c12-8-5-4-7(14)6-9(8)16-11-3-1-2-10(13)15-11/h1-6H. The second-order valence-electron chi connectivity index (χ2n) is 2.98. The molecule has 0 saturated carbocycles. The van der Waals surface area contributed by atoms with Crippen LogP contribution in [-0.4, -0.2) is 4.98 Å². The molecule has 0 radical (unpaired) electrons. The number of hydrogen-bond acceptors (Lipinski definition) is 2. The van der Waals surface area contributed by atoms with Crippen molar-refractivity contribution in [3.05, 3.63) is 51.3 Å². The number of aromatic nitrogens is 1. The minimum Gasteiger partial charge on any atom is -0.438 e. The molecule has 1 aromatic heterocycles. The SMILES string of the molecule is Fc1ccc(Br)c(Oc2cccc(Br)n2)c1. The van der Waals surface area contributed by atoms with Crippen molar-refractivity contribution in [2.75, 3.05) is 0 Å². The van der Waals surface area contributed by atoms with Crippen molar-refractivity contribution in [2.45, 2.75) is 0 Å². The fourth-order valence-corrected chi connectivity index (χ4v) is 1.77. The van der Waals surface area contributed by atoms with Gasteiger partial charge in [-0.1, -0.05) is 6.07 Å². The Bertz CT molecular complexity index is 519. The Hall–Kier alpha value is -0.940. The Morgan fingerprint density at radius 1 is 1.12 bits per heavy atom. The van der Waals surface area contributed by atoms with E-state index < -0.39 is 0 Å². The van der Waals surface area contributed by atoms with Gasteiger partial charge in [0, 0.05) is 12.1 Å². The highest BCUT2D eigenvalue weighted by atomic mass is 79.9. The van der Waals surface area contributed by atoms with Crippen molar-refractivity contribution in [3.63, 3.8) is 0 Å². The Balaban J connectivity index is 2.30. The lowest BCUT2D eigenvalue weighted by Crippen LogP contribution is -1.89. The normalized spacial score (nSPS) is 10.2. The summed E-state index contributed by atoms with van der Waals surface area (Å²) in [7, 11) is 0. The fraction of sp³-hybridized carbons (Fsp3) is 0. The van der Waals surface area contributed by atoms with E-state index in [-0.39, 0.29) is 5.82 Å². The molecule has 0 aliphatic heterocycles. The van der Waals surface area contributed by atoms with Gasteiger partial charge >= 0.3 is 0 Å². The highest BCUT2D eigenvalue weighted by molar-refractivity contribution is 9.10. The van der Waals surface area contributed by atoms with Crippen LogP contribution < -0.4 is 4.74 Å². The van der Waals surface area contributed by atoms with Crippen molar-refractivity contribution in [2.24, 2.45) is 0 Å². The van der Waals surface area contributed by atoms with Crippen LogP contribution in [-0.2, 0) is 0 Å². The zero-order chi connectivity index (χ0) is 11.5. The molecule has 0 aliphatic carbocycles. The van der Waals surface area contributed by atoms with Gasteiger partial charge in [0.2, 0.25) is 5.88 Å². The van der Waals surface area contributed by atoms with E-state index in [2.05, 4.69) is 36.8 Å². The van der Waals surface area contributed by atoms with E-state index in [1.807, 2.05) is 0 Å². The summed E-state index contributed by atoms with van der Waals surface area (Å²) in [4.78, 5) is 4.09. The molecule has 82 valence electrons. The Morgan fingerprint density at radius 2 is 1.94 bits per heavy atom. The molecule has 1 heterocycles. The van der Waals surface area contributed by atoms with E-state index in [1.54, 1.807) is 24.3 Å². The molecule has 16 heavy (non-hydrogen) atoms. The Labute approximate surface area is 109 Å². The smallest absolute Gasteiger partial charge is 0.220 e. The molecular weight excluding hydrogens is 341 g/mol. The number of nitrogens with zero attached hydrogens (tertiary/aromatic N) is 1. The predicted molar refractivity (Wildman–Crippen MR) is 66.1 cm³/mol. The highest BCUT2D eigenvalue weighted by Crippen LogP contribution is 2.29. The predicted octanol–water partition coefficient (Wildman–Crippen LogP) is 4.54. The summed E-state index contributed by atoms with van der Waals surface area (Å²) >= 11 is 6.51. The summed E-state index contributed by atoms with van der Waals surface area (Å²) in [5.74, 6) is 0.444. The molecule has 0 bridgehead atoms. The second-order valence-corrected chi connectivity index (χ2v) is 4.64. The van der Waals surface area contributed by atoms with Crippen LogP contribution in [0.3, 0.4) is 0 Å². The topological polar surface area (TPSA) is 22.1 Å². The molecule has 0 atom stereocenters. The first kappa shape index (κ1) is 11.5. The Morgan fingerprint density at radius 3 is 2.69 bits per heavy atom. The lowest BCUT2D eigenvalue weighted by molar-refractivity contribution is 0.454. The Kier molecular flexibility index (Phi) is 3.56. The monoisotopic (exact) mass is 345 g/mol. The number of rotatable bonds is 2. The van der Waals surface area contributed by atoms with Gasteiger partial charge in [0.1, 0.15) is 16.2 Å². The summed E-state index contributed by atoms with van der Waals surface area (Å²) in [6, 6.07) is 9.51. The van der Waals surface area contributed by atoms with Gasteiger partial charge < -0.3 is 4.74 Å². The average molecular weight is 347 g/mol. The van der Waals surface area contributed by atoms with E-state index >= 15 is 0 Å². The summed E-state index contributed by atoms with van der Waals surface area (Å²) < 4.78 is 19.8. The first-order valence-corrected chi connectivity index (χ1v) is 5.99. The van der Waals surface area contributed by atoms with E-state index in [1.165, 1.54) is 12.1 Å². The zero-order valence-corrected chi connectivity index (χ0v) is 11.1. The number of pyridine rings is 1. The lowest BCUT2D eigenvalue weighted by Gasteiger charge is -2.06. The van der Waals surface area contributed by atoms with Crippen molar-refractivity contribution in [1.29, 1.82) is 0 Å².